The minimum absolute atomic E-state index is 0.378. The van der Waals surface area contributed by atoms with E-state index in [1.165, 1.54) is 5.56 Å². The number of aromatic nitrogens is 4. The highest BCUT2D eigenvalue weighted by Crippen LogP contribution is 2.38. The first-order valence-electron chi connectivity index (χ1n) is 15.8. The summed E-state index contributed by atoms with van der Waals surface area (Å²) in [7, 11) is 0. The molecule has 0 bridgehead atoms. The number of halogens is 2. The SMILES string of the molecule is Cc1c(C)c(CF)c(-c2cnn(-c3cccc(Oc4ccc5c6ccccc6n(-c6cc(C(C)C)ccn6)c5c4)c3)c2)c(CF)c1C. The van der Waals surface area contributed by atoms with Gasteiger partial charge in [0, 0.05) is 40.9 Å². The molecule has 236 valence electrons. The fourth-order valence-electron chi connectivity index (χ4n) is 6.57. The largest absolute Gasteiger partial charge is 0.457 e. The summed E-state index contributed by atoms with van der Waals surface area (Å²) in [6.07, 6.45) is 5.37. The number of para-hydroxylation sites is 1. The van der Waals surface area contributed by atoms with Crippen LogP contribution in [0.15, 0.2) is 97.5 Å². The highest BCUT2D eigenvalue weighted by molar-refractivity contribution is 6.09. The average Bonchev–Trinajstić information content (AvgIpc) is 3.70. The van der Waals surface area contributed by atoms with E-state index >= 15 is 0 Å². The van der Waals surface area contributed by atoms with E-state index < -0.39 is 13.3 Å². The summed E-state index contributed by atoms with van der Waals surface area (Å²) in [6.45, 7) is 8.72. The quantitative estimate of drug-likeness (QED) is 0.169. The first-order valence-corrected chi connectivity index (χ1v) is 15.8. The predicted octanol–water partition coefficient (Wildman–Crippen LogP) is 10.8. The minimum atomic E-state index is -0.674. The van der Waals surface area contributed by atoms with Gasteiger partial charge in [-0.1, -0.05) is 38.1 Å². The molecular formula is C40H36F2N4O. The van der Waals surface area contributed by atoms with Gasteiger partial charge in [0.15, 0.2) is 0 Å². The summed E-state index contributed by atoms with van der Waals surface area (Å²) < 4.78 is 39.0. The third-order valence-electron chi connectivity index (χ3n) is 9.40. The van der Waals surface area contributed by atoms with Gasteiger partial charge in [-0.15, -0.1) is 0 Å². The zero-order chi connectivity index (χ0) is 32.8. The molecule has 7 rings (SSSR count). The maximum Gasteiger partial charge on any atom is 0.137 e. The van der Waals surface area contributed by atoms with Gasteiger partial charge in [-0.05, 0) is 108 Å². The molecule has 0 amide bonds. The predicted molar refractivity (Wildman–Crippen MR) is 186 cm³/mol. The van der Waals surface area contributed by atoms with Crippen LogP contribution < -0.4 is 4.74 Å². The number of rotatable bonds is 8. The Labute approximate surface area is 273 Å². The van der Waals surface area contributed by atoms with E-state index in [9.17, 15) is 8.78 Å². The maximum atomic E-state index is 14.3. The van der Waals surface area contributed by atoms with Crippen LogP contribution in [0.1, 0.15) is 53.1 Å². The minimum Gasteiger partial charge on any atom is -0.457 e. The molecule has 5 nitrogen and oxygen atoms in total. The number of fused-ring (bicyclic) bond motifs is 3. The third kappa shape index (κ3) is 5.26. The lowest BCUT2D eigenvalue weighted by atomic mass is 9.87. The summed E-state index contributed by atoms with van der Waals surface area (Å²) in [4.78, 5) is 4.75. The van der Waals surface area contributed by atoms with Crippen molar-refractivity contribution in [2.45, 2.75) is 53.9 Å². The maximum absolute atomic E-state index is 14.3. The molecule has 0 radical (unpaired) electrons. The molecular weight excluding hydrogens is 590 g/mol. The van der Waals surface area contributed by atoms with Crippen LogP contribution in [0, 0.1) is 20.8 Å². The van der Waals surface area contributed by atoms with Gasteiger partial charge in [0.1, 0.15) is 30.7 Å². The molecule has 47 heavy (non-hydrogen) atoms. The van der Waals surface area contributed by atoms with Crippen molar-refractivity contribution < 1.29 is 13.5 Å². The molecule has 0 N–H and O–H groups in total. The molecule has 0 fully saturated rings. The van der Waals surface area contributed by atoms with Crippen molar-refractivity contribution in [2.24, 2.45) is 0 Å². The van der Waals surface area contributed by atoms with Crippen molar-refractivity contribution in [3.63, 3.8) is 0 Å². The molecule has 0 spiro atoms. The fraction of sp³-hybridized carbons (Fsp3) is 0.200. The smallest absolute Gasteiger partial charge is 0.137 e. The van der Waals surface area contributed by atoms with E-state index in [1.807, 2.05) is 69.6 Å². The van der Waals surface area contributed by atoms with Gasteiger partial charge in [0.05, 0.1) is 22.9 Å². The van der Waals surface area contributed by atoms with E-state index in [1.54, 1.807) is 10.9 Å². The zero-order valence-electron chi connectivity index (χ0n) is 27.2. The number of hydrogen-bond donors (Lipinski definition) is 0. The van der Waals surface area contributed by atoms with Crippen molar-refractivity contribution in [2.75, 3.05) is 0 Å². The Kier molecular flexibility index (Phi) is 7.84. The first-order chi connectivity index (χ1) is 22.8. The molecule has 0 aliphatic carbocycles. The van der Waals surface area contributed by atoms with Crippen molar-refractivity contribution in [3.05, 3.63) is 131 Å². The van der Waals surface area contributed by atoms with Crippen LogP contribution in [0.25, 0.3) is 44.4 Å². The second-order valence-electron chi connectivity index (χ2n) is 12.4. The molecule has 0 saturated heterocycles. The van der Waals surface area contributed by atoms with Crippen LogP contribution in [0.5, 0.6) is 11.5 Å². The zero-order valence-corrected chi connectivity index (χ0v) is 27.2. The number of alkyl halides is 2. The van der Waals surface area contributed by atoms with Crippen molar-refractivity contribution in [1.82, 2.24) is 19.3 Å². The van der Waals surface area contributed by atoms with Crippen LogP contribution in [0.4, 0.5) is 8.78 Å². The molecule has 7 heteroatoms. The topological polar surface area (TPSA) is 44.9 Å². The number of pyridine rings is 1. The molecule has 3 heterocycles. The molecule has 3 aromatic heterocycles. The Morgan fingerprint density at radius 3 is 2.21 bits per heavy atom. The van der Waals surface area contributed by atoms with E-state index in [-0.39, 0.29) is 0 Å². The third-order valence-corrected chi connectivity index (χ3v) is 9.40. The molecule has 4 aromatic carbocycles. The Hall–Kier alpha value is -5.30. The van der Waals surface area contributed by atoms with Gasteiger partial charge in [-0.25, -0.2) is 18.4 Å². The monoisotopic (exact) mass is 626 g/mol. The summed E-state index contributed by atoms with van der Waals surface area (Å²) in [5.74, 6) is 2.56. The lowest BCUT2D eigenvalue weighted by Crippen LogP contribution is -2.03. The van der Waals surface area contributed by atoms with Crippen molar-refractivity contribution >= 4 is 21.8 Å². The van der Waals surface area contributed by atoms with Gasteiger partial charge in [-0.2, -0.15) is 5.10 Å². The number of benzene rings is 4. The lowest BCUT2D eigenvalue weighted by Gasteiger charge is -2.19. The van der Waals surface area contributed by atoms with Crippen molar-refractivity contribution in [3.8, 4) is 34.1 Å². The van der Waals surface area contributed by atoms with E-state index in [4.69, 9.17) is 9.72 Å². The van der Waals surface area contributed by atoms with E-state index in [0.717, 1.165) is 50.0 Å². The lowest BCUT2D eigenvalue weighted by molar-refractivity contribution is 0.474. The average molecular weight is 627 g/mol. The second kappa shape index (κ2) is 12.1. The summed E-state index contributed by atoms with van der Waals surface area (Å²) in [6, 6.07) is 26.3. The fourth-order valence-corrected chi connectivity index (χ4v) is 6.57. The second-order valence-corrected chi connectivity index (χ2v) is 12.4. The molecule has 0 atom stereocenters. The number of hydrogen-bond acceptors (Lipinski definition) is 3. The van der Waals surface area contributed by atoms with Gasteiger partial charge in [-0.3, -0.25) is 4.57 Å². The molecule has 0 saturated carbocycles. The molecule has 0 aliphatic rings. The van der Waals surface area contributed by atoms with Crippen molar-refractivity contribution in [1.29, 1.82) is 0 Å². The van der Waals surface area contributed by atoms with Gasteiger partial charge in [0.2, 0.25) is 0 Å². The first kappa shape index (κ1) is 30.4. The highest BCUT2D eigenvalue weighted by Gasteiger charge is 2.21. The van der Waals surface area contributed by atoms with Crippen LogP contribution in [-0.2, 0) is 13.3 Å². The molecule has 0 aliphatic heterocycles. The van der Waals surface area contributed by atoms with Crippen LogP contribution in [0.3, 0.4) is 0 Å². The van der Waals surface area contributed by atoms with Gasteiger partial charge >= 0.3 is 0 Å². The summed E-state index contributed by atoms with van der Waals surface area (Å²) in [5, 5.41) is 6.84. The Morgan fingerprint density at radius 1 is 0.745 bits per heavy atom. The summed E-state index contributed by atoms with van der Waals surface area (Å²) in [5.41, 5.74) is 8.97. The van der Waals surface area contributed by atoms with Crippen LogP contribution in [-0.4, -0.2) is 19.3 Å². The molecule has 0 unspecified atom stereocenters. The highest BCUT2D eigenvalue weighted by atomic mass is 19.1. The van der Waals surface area contributed by atoms with Crippen LogP contribution in [0.2, 0.25) is 0 Å². The standard InChI is InChI=1S/C40H36F2N4O/c1-24(2)28-15-16-43-39(17-28)46-37-12-7-6-11-33(37)34-14-13-32(19-38(34)46)47-31-10-8-9-30(18-31)45-23-29(22-44-45)40-35(20-41)26(4)25(3)27(5)36(40)21-42/h6-19,22-24H,20-21H2,1-5H3. The Balaban J connectivity index is 1.26. The Morgan fingerprint density at radius 2 is 1.47 bits per heavy atom. The number of nitrogens with zero attached hydrogens (tertiary/aromatic N) is 4. The van der Waals surface area contributed by atoms with E-state index in [0.29, 0.717) is 39.7 Å². The Bertz CT molecular complexity index is 2250. The van der Waals surface area contributed by atoms with E-state index in [2.05, 4.69) is 66.0 Å². The van der Waals surface area contributed by atoms with Gasteiger partial charge < -0.3 is 4.74 Å². The summed E-state index contributed by atoms with van der Waals surface area (Å²) >= 11 is 0. The molecule has 7 aromatic rings. The normalized spacial score (nSPS) is 11.7. The van der Waals surface area contributed by atoms with Gasteiger partial charge in [0.25, 0.3) is 0 Å². The number of ether oxygens (including phenoxy) is 1. The van der Waals surface area contributed by atoms with Crippen LogP contribution >= 0.6 is 0 Å².